The van der Waals surface area contributed by atoms with E-state index < -0.39 is 0 Å². The van der Waals surface area contributed by atoms with Gasteiger partial charge >= 0.3 is 0 Å². The molecule has 0 radical (unpaired) electrons. The van der Waals surface area contributed by atoms with Gasteiger partial charge in [-0.1, -0.05) is 36.4 Å². The van der Waals surface area contributed by atoms with Crippen LogP contribution in [0.4, 0.5) is 11.4 Å². The second kappa shape index (κ2) is 4.96. The van der Waals surface area contributed by atoms with Crippen LogP contribution in [0.5, 0.6) is 0 Å². The highest BCUT2D eigenvalue weighted by Crippen LogP contribution is 2.33. The quantitative estimate of drug-likeness (QED) is 0.828. The summed E-state index contributed by atoms with van der Waals surface area (Å²) in [5.74, 6) is 0.641. The first kappa shape index (κ1) is 12.1. The number of hydrogen-bond donors (Lipinski definition) is 1. The maximum atomic E-state index is 5.91. The fourth-order valence-corrected chi connectivity index (χ4v) is 2.94. The molecule has 2 N–H and O–H groups in total. The second-order valence-corrected chi connectivity index (χ2v) is 5.39. The molecule has 0 saturated carbocycles. The van der Waals surface area contributed by atoms with Gasteiger partial charge < -0.3 is 10.6 Å². The molecule has 1 unspecified atom stereocenters. The van der Waals surface area contributed by atoms with Crippen LogP contribution < -0.4 is 10.6 Å². The average Bonchev–Trinajstić information content (AvgIpc) is 2.92. The van der Waals surface area contributed by atoms with Gasteiger partial charge in [-0.05, 0) is 36.6 Å². The molecule has 0 aromatic heterocycles. The predicted molar refractivity (Wildman–Crippen MR) is 81.6 cm³/mol. The summed E-state index contributed by atoms with van der Waals surface area (Å²) in [6.07, 6.45) is 1.22. The Balaban J connectivity index is 1.81. The van der Waals surface area contributed by atoms with E-state index >= 15 is 0 Å². The molecule has 1 saturated heterocycles. The summed E-state index contributed by atoms with van der Waals surface area (Å²) >= 11 is 0. The van der Waals surface area contributed by atoms with Crippen molar-refractivity contribution in [2.75, 3.05) is 23.7 Å². The van der Waals surface area contributed by atoms with Crippen molar-refractivity contribution in [2.45, 2.75) is 19.3 Å². The van der Waals surface area contributed by atoms with Crippen LogP contribution in [0.1, 0.15) is 23.5 Å². The van der Waals surface area contributed by atoms with Gasteiger partial charge in [-0.15, -0.1) is 0 Å². The lowest BCUT2D eigenvalue weighted by atomic mass is 9.99. The summed E-state index contributed by atoms with van der Waals surface area (Å²) in [6.45, 7) is 4.36. The third-order valence-electron chi connectivity index (χ3n) is 4.03. The van der Waals surface area contributed by atoms with Crippen LogP contribution in [-0.2, 0) is 0 Å². The molecule has 1 aliphatic rings. The summed E-state index contributed by atoms with van der Waals surface area (Å²) < 4.78 is 0. The van der Waals surface area contributed by atoms with E-state index in [0.717, 1.165) is 18.8 Å². The molecular formula is C17H20N2. The molecule has 2 aromatic carbocycles. The highest BCUT2D eigenvalue weighted by molar-refractivity contribution is 5.61. The molecule has 1 fully saturated rings. The van der Waals surface area contributed by atoms with Crippen LogP contribution in [0.15, 0.2) is 48.5 Å². The number of anilines is 2. The Bertz CT molecular complexity index is 563. The molecular weight excluding hydrogens is 232 g/mol. The Morgan fingerprint density at radius 1 is 1.11 bits per heavy atom. The van der Waals surface area contributed by atoms with E-state index in [1.807, 2.05) is 6.07 Å². The lowest BCUT2D eigenvalue weighted by Crippen LogP contribution is -2.20. The number of benzene rings is 2. The summed E-state index contributed by atoms with van der Waals surface area (Å²) in [5.41, 5.74) is 10.8. The van der Waals surface area contributed by atoms with Crippen molar-refractivity contribution in [3.05, 3.63) is 59.7 Å². The van der Waals surface area contributed by atoms with E-state index in [9.17, 15) is 0 Å². The maximum Gasteiger partial charge on any atom is 0.0416 e. The minimum Gasteiger partial charge on any atom is -0.399 e. The Hall–Kier alpha value is -1.96. The first-order chi connectivity index (χ1) is 9.24. The van der Waals surface area contributed by atoms with Gasteiger partial charge in [-0.2, -0.15) is 0 Å². The SMILES string of the molecule is Cc1ccc(N)cc1N1CCC(c2ccccc2)C1. The van der Waals surface area contributed by atoms with Crippen LogP contribution in [0.2, 0.25) is 0 Å². The Kier molecular flexibility index (Phi) is 3.16. The minimum absolute atomic E-state index is 0.641. The zero-order valence-corrected chi connectivity index (χ0v) is 11.3. The van der Waals surface area contributed by atoms with Gasteiger partial charge in [0, 0.05) is 30.4 Å². The van der Waals surface area contributed by atoms with Crippen molar-refractivity contribution in [3.8, 4) is 0 Å². The van der Waals surface area contributed by atoms with Crippen molar-refractivity contribution in [1.82, 2.24) is 0 Å². The summed E-state index contributed by atoms with van der Waals surface area (Å²) in [4.78, 5) is 2.46. The van der Waals surface area contributed by atoms with E-state index in [-0.39, 0.29) is 0 Å². The number of aryl methyl sites for hydroxylation is 1. The van der Waals surface area contributed by atoms with Gasteiger partial charge in [0.2, 0.25) is 0 Å². The monoisotopic (exact) mass is 252 g/mol. The Morgan fingerprint density at radius 2 is 1.89 bits per heavy atom. The van der Waals surface area contributed by atoms with Gasteiger partial charge in [0.1, 0.15) is 0 Å². The number of hydrogen-bond acceptors (Lipinski definition) is 2. The zero-order valence-electron chi connectivity index (χ0n) is 11.3. The van der Waals surface area contributed by atoms with E-state index in [1.54, 1.807) is 0 Å². The molecule has 1 atom stereocenters. The van der Waals surface area contributed by atoms with E-state index in [0.29, 0.717) is 5.92 Å². The van der Waals surface area contributed by atoms with E-state index in [2.05, 4.69) is 54.3 Å². The molecule has 2 heteroatoms. The van der Waals surface area contributed by atoms with Gasteiger partial charge in [0.15, 0.2) is 0 Å². The van der Waals surface area contributed by atoms with Crippen molar-refractivity contribution < 1.29 is 0 Å². The highest BCUT2D eigenvalue weighted by atomic mass is 15.2. The van der Waals surface area contributed by atoms with Gasteiger partial charge in [0.25, 0.3) is 0 Å². The minimum atomic E-state index is 0.641. The fourth-order valence-electron chi connectivity index (χ4n) is 2.94. The summed E-state index contributed by atoms with van der Waals surface area (Å²) in [6, 6.07) is 17.0. The smallest absolute Gasteiger partial charge is 0.0416 e. The molecule has 3 rings (SSSR count). The van der Waals surface area contributed by atoms with Gasteiger partial charge in [0.05, 0.1) is 0 Å². The molecule has 0 aliphatic carbocycles. The standard InChI is InChI=1S/C17H20N2/c1-13-7-8-16(18)11-17(13)19-10-9-15(12-19)14-5-3-2-4-6-14/h2-8,11,15H,9-10,12,18H2,1H3. The molecule has 1 aliphatic heterocycles. The van der Waals surface area contributed by atoms with E-state index in [1.165, 1.54) is 23.2 Å². The second-order valence-electron chi connectivity index (χ2n) is 5.39. The van der Waals surface area contributed by atoms with Gasteiger partial charge in [-0.25, -0.2) is 0 Å². The molecule has 1 heterocycles. The lowest BCUT2D eigenvalue weighted by Gasteiger charge is -2.21. The molecule has 2 nitrogen and oxygen atoms in total. The molecule has 0 spiro atoms. The van der Waals surface area contributed by atoms with Crippen molar-refractivity contribution in [3.63, 3.8) is 0 Å². The first-order valence-electron chi connectivity index (χ1n) is 6.90. The molecule has 98 valence electrons. The molecule has 0 bridgehead atoms. The van der Waals surface area contributed by atoms with Crippen LogP contribution in [-0.4, -0.2) is 13.1 Å². The third kappa shape index (κ3) is 2.43. The van der Waals surface area contributed by atoms with E-state index in [4.69, 9.17) is 5.73 Å². The third-order valence-corrected chi connectivity index (χ3v) is 4.03. The largest absolute Gasteiger partial charge is 0.399 e. The van der Waals surface area contributed by atoms with Crippen LogP contribution in [0.25, 0.3) is 0 Å². The van der Waals surface area contributed by atoms with Crippen molar-refractivity contribution >= 4 is 11.4 Å². The molecule has 0 amide bonds. The summed E-state index contributed by atoms with van der Waals surface area (Å²) in [7, 11) is 0. The first-order valence-corrected chi connectivity index (χ1v) is 6.90. The maximum absolute atomic E-state index is 5.91. The molecule has 19 heavy (non-hydrogen) atoms. The topological polar surface area (TPSA) is 29.3 Å². The molecule has 2 aromatic rings. The average molecular weight is 252 g/mol. The lowest BCUT2D eigenvalue weighted by molar-refractivity contribution is 0.775. The van der Waals surface area contributed by atoms with Gasteiger partial charge in [-0.3, -0.25) is 0 Å². The zero-order chi connectivity index (χ0) is 13.2. The fraction of sp³-hybridized carbons (Fsp3) is 0.294. The van der Waals surface area contributed by atoms with Crippen LogP contribution in [0.3, 0.4) is 0 Å². The van der Waals surface area contributed by atoms with Crippen molar-refractivity contribution in [2.24, 2.45) is 0 Å². The number of rotatable bonds is 2. The highest BCUT2D eigenvalue weighted by Gasteiger charge is 2.24. The number of nitrogens with two attached hydrogens (primary N) is 1. The van der Waals surface area contributed by atoms with Crippen molar-refractivity contribution in [1.29, 1.82) is 0 Å². The Labute approximate surface area is 114 Å². The number of nitrogen functional groups attached to an aromatic ring is 1. The van der Waals surface area contributed by atoms with Crippen LogP contribution in [0, 0.1) is 6.92 Å². The van der Waals surface area contributed by atoms with Crippen LogP contribution >= 0.6 is 0 Å². The number of nitrogens with zero attached hydrogens (tertiary/aromatic N) is 1. The summed E-state index contributed by atoms with van der Waals surface area (Å²) in [5, 5.41) is 0. The normalized spacial score (nSPS) is 18.8. The predicted octanol–water partition coefficient (Wildman–Crippen LogP) is 3.57. The Morgan fingerprint density at radius 3 is 2.68 bits per heavy atom.